The summed E-state index contributed by atoms with van der Waals surface area (Å²) in [5.41, 5.74) is 11.2. The van der Waals surface area contributed by atoms with E-state index in [1.807, 2.05) is 72.8 Å². The Morgan fingerprint density at radius 2 is 1.06 bits per heavy atom. The fourth-order valence-electron chi connectivity index (χ4n) is 5.01. The lowest BCUT2D eigenvalue weighted by atomic mass is 9.89. The van der Waals surface area contributed by atoms with Crippen LogP contribution in [0.15, 0.2) is 97.1 Å². The average Bonchev–Trinajstić information content (AvgIpc) is 3.26. The fraction of sp³-hybridized carbons (Fsp3) is 0.0968. The molecule has 0 spiro atoms. The fourth-order valence-corrected chi connectivity index (χ4v) is 5.01. The minimum Gasteiger partial charge on any atom is -0.258 e. The predicted octanol–water partition coefficient (Wildman–Crippen LogP) is 8.63. The molecule has 2 aliphatic carbocycles. The molecule has 0 amide bonds. The highest BCUT2D eigenvalue weighted by Crippen LogP contribution is 2.46. The van der Waals surface area contributed by atoms with Crippen molar-refractivity contribution in [3.8, 4) is 44.5 Å². The Labute approximate surface area is 199 Å². The van der Waals surface area contributed by atoms with Gasteiger partial charge in [0.15, 0.2) is 0 Å². The number of hydrogen-bond donors (Lipinski definition) is 0. The Morgan fingerprint density at radius 1 is 0.559 bits per heavy atom. The highest BCUT2D eigenvalue weighted by atomic mass is 16.6. The molecule has 0 N–H and O–H groups in total. The van der Waals surface area contributed by atoms with Crippen molar-refractivity contribution in [2.45, 2.75) is 20.8 Å². The van der Waals surface area contributed by atoms with Gasteiger partial charge in [-0.2, -0.15) is 0 Å². The lowest BCUT2D eigenvalue weighted by molar-refractivity contribution is -0.383. The van der Waals surface area contributed by atoms with E-state index in [2.05, 4.69) is 45.0 Å². The Hall–Kier alpha value is -4.24. The molecule has 0 fully saturated rings. The summed E-state index contributed by atoms with van der Waals surface area (Å²) in [4.78, 5) is 12.1. The Balaban J connectivity index is 1.87. The van der Waals surface area contributed by atoms with Crippen LogP contribution in [-0.2, 0) is 0 Å². The summed E-state index contributed by atoms with van der Waals surface area (Å²) in [5.74, 6) is 0. The third kappa shape index (κ3) is 3.75. The number of nitro groups is 1. The van der Waals surface area contributed by atoms with Gasteiger partial charge in [-0.15, -0.1) is 0 Å². The van der Waals surface area contributed by atoms with E-state index < -0.39 is 0 Å². The van der Waals surface area contributed by atoms with Gasteiger partial charge in [0.05, 0.1) is 16.1 Å². The van der Waals surface area contributed by atoms with Crippen LogP contribution in [0.25, 0.3) is 44.5 Å². The highest BCUT2D eigenvalue weighted by molar-refractivity contribution is 5.96. The van der Waals surface area contributed by atoms with Crippen molar-refractivity contribution < 1.29 is 4.92 Å². The summed E-state index contributed by atoms with van der Waals surface area (Å²) < 4.78 is 0. The Bertz CT molecular complexity index is 1430. The monoisotopic (exact) mass is 443 g/mol. The van der Waals surface area contributed by atoms with Crippen LogP contribution in [-0.4, -0.2) is 4.92 Å². The summed E-state index contributed by atoms with van der Waals surface area (Å²) in [5, 5.41) is 12.4. The quantitative estimate of drug-likeness (QED) is 0.206. The molecule has 34 heavy (non-hydrogen) atoms. The molecule has 0 aliphatic heterocycles. The van der Waals surface area contributed by atoms with Gasteiger partial charge in [-0.3, -0.25) is 10.1 Å². The van der Waals surface area contributed by atoms with Crippen LogP contribution in [0.3, 0.4) is 0 Å². The first-order valence-corrected chi connectivity index (χ1v) is 11.4. The summed E-state index contributed by atoms with van der Waals surface area (Å²) in [6, 6.07) is 31.9. The molecule has 3 aromatic carbocycles. The number of fused-ring (bicyclic) bond motifs is 1. The predicted molar refractivity (Wildman–Crippen MR) is 140 cm³/mol. The van der Waals surface area contributed by atoms with Gasteiger partial charge >= 0.3 is 0 Å². The third-order valence-corrected chi connectivity index (χ3v) is 6.44. The first-order valence-electron chi connectivity index (χ1n) is 11.4. The molecule has 166 valence electrons. The van der Waals surface area contributed by atoms with Crippen LogP contribution >= 0.6 is 0 Å². The molecule has 5 rings (SSSR count). The van der Waals surface area contributed by atoms with Crippen molar-refractivity contribution >= 4 is 5.69 Å². The summed E-state index contributed by atoms with van der Waals surface area (Å²) in [7, 11) is 0. The third-order valence-electron chi connectivity index (χ3n) is 6.44. The SMILES string of the molecule is Cc1cc(C)c2ccc(-c3cc(-c4ccccc4)c([N+](=O)[O-])c(-c4ccccc4)c3)c-2c(C)c1. The number of aryl methyl sites for hydroxylation is 3. The van der Waals surface area contributed by atoms with Gasteiger partial charge in [-0.1, -0.05) is 90.5 Å². The summed E-state index contributed by atoms with van der Waals surface area (Å²) in [6.45, 7) is 6.39. The molecule has 2 aliphatic rings. The van der Waals surface area contributed by atoms with E-state index in [1.165, 1.54) is 27.8 Å². The van der Waals surface area contributed by atoms with Crippen LogP contribution in [0, 0.1) is 30.9 Å². The van der Waals surface area contributed by atoms with Gasteiger partial charge in [0.2, 0.25) is 0 Å². The van der Waals surface area contributed by atoms with Gasteiger partial charge in [0.1, 0.15) is 0 Å². The molecule has 0 saturated heterocycles. The lowest BCUT2D eigenvalue weighted by Crippen LogP contribution is -1.97. The van der Waals surface area contributed by atoms with Crippen molar-refractivity contribution in [3.63, 3.8) is 0 Å². The maximum Gasteiger partial charge on any atom is 0.284 e. The second kappa shape index (κ2) is 8.60. The molecule has 3 nitrogen and oxygen atoms in total. The zero-order valence-electron chi connectivity index (χ0n) is 19.5. The first kappa shape index (κ1) is 21.6. The lowest BCUT2D eigenvalue weighted by Gasteiger charge is -2.14. The smallest absolute Gasteiger partial charge is 0.258 e. The topological polar surface area (TPSA) is 43.1 Å². The van der Waals surface area contributed by atoms with Gasteiger partial charge in [0.25, 0.3) is 5.69 Å². The van der Waals surface area contributed by atoms with Crippen LogP contribution in [0.4, 0.5) is 5.69 Å². The standard InChI is InChI=1S/C31H25NO2/c1-20-16-21(2)26-14-15-27(30(26)22(3)17-20)25-18-28(23-10-6-4-7-11-23)31(32(33)34)29(19-25)24-12-8-5-9-13-24/h4-19H,1-3H3. The maximum absolute atomic E-state index is 12.4. The molecular weight excluding hydrogens is 418 g/mol. The van der Waals surface area contributed by atoms with Crippen molar-refractivity contribution in [1.29, 1.82) is 0 Å². The minimum atomic E-state index is -0.254. The molecule has 0 bridgehead atoms. The molecular formula is C31H25NO2. The molecule has 0 saturated carbocycles. The first-order chi connectivity index (χ1) is 16.4. The molecule has 3 aromatic rings. The van der Waals surface area contributed by atoms with Gasteiger partial charge < -0.3 is 0 Å². The van der Waals surface area contributed by atoms with E-state index in [-0.39, 0.29) is 10.6 Å². The van der Waals surface area contributed by atoms with E-state index in [9.17, 15) is 10.1 Å². The second-order valence-corrected chi connectivity index (χ2v) is 8.84. The molecule has 3 heteroatoms. The summed E-state index contributed by atoms with van der Waals surface area (Å²) in [6.07, 6.45) is 0. The second-order valence-electron chi connectivity index (χ2n) is 8.84. The molecule has 0 atom stereocenters. The normalized spacial score (nSPS) is 11.0. The number of hydrogen-bond acceptors (Lipinski definition) is 2. The number of nitro benzene ring substituents is 1. The molecule has 0 unspecified atom stereocenters. The highest BCUT2D eigenvalue weighted by Gasteiger charge is 2.25. The van der Waals surface area contributed by atoms with Crippen molar-refractivity contribution in [1.82, 2.24) is 0 Å². The maximum atomic E-state index is 12.4. The van der Waals surface area contributed by atoms with Gasteiger partial charge in [0, 0.05) is 0 Å². The zero-order chi connectivity index (χ0) is 23.8. The van der Waals surface area contributed by atoms with E-state index in [0.717, 1.165) is 22.3 Å². The van der Waals surface area contributed by atoms with E-state index >= 15 is 0 Å². The average molecular weight is 444 g/mol. The van der Waals surface area contributed by atoms with Crippen LogP contribution in [0.5, 0.6) is 0 Å². The molecule has 0 radical (unpaired) electrons. The van der Waals surface area contributed by atoms with Gasteiger partial charge in [-0.25, -0.2) is 0 Å². The minimum absolute atomic E-state index is 0.131. The number of nitrogens with zero attached hydrogens (tertiary/aromatic N) is 1. The Kier molecular flexibility index (Phi) is 5.46. The number of rotatable bonds is 4. The van der Waals surface area contributed by atoms with Crippen molar-refractivity contribution in [2.24, 2.45) is 0 Å². The van der Waals surface area contributed by atoms with Gasteiger partial charge in [-0.05, 0) is 77.4 Å². The van der Waals surface area contributed by atoms with E-state index in [1.54, 1.807) is 0 Å². The Morgan fingerprint density at radius 3 is 1.59 bits per heavy atom. The summed E-state index contributed by atoms with van der Waals surface area (Å²) >= 11 is 0. The molecule has 0 heterocycles. The largest absolute Gasteiger partial charge is 0.284 e. The van der Waals surface area contributed by atoms with Crippen LogP contribution in [0.2, 0.25) is 0 Å². The zero-order valence-corrected chi connectivity index (χ0v) is 19.5. The van der Waals surface area contributed by atoms with E-state index in [0.29, 0.717) is 11.1 Å². The van der Waals surface area contributed by atoms with Crippen LogP contribution < -0.4 is 0 Å². The van der Waals surface area contributed by atoms with E-state index in [4.69, 9.17) is 0 Å². The van der Waals surface area contributed by atoms with Crippen molar-refractivity contribution in [3.05, 3.63) is 124 Å². The van der Waals surface area contributed by atoms with Crippen molar-refractivity contribution in [2.75, 3.05) is 0 Å². The molecule has 0 aromatic heterocycles. The number of benzene rings is 3. The van der Waals surface area contributed by atoms with Crippen LogP contribution in [0.1, 0.15) is 16.7 Å².